The summed E-state index contributed by atoms with van der Waals surface area (Å²) >= 11 is 3.02. The molecule has 0 heterocycles. The van der Waals surface area contributed by atoms with Crippen molar-refractivity contribution in [3.63, 3.8) is 0 Å². The summed E-state index contributed by atoms with van der Waals surface area (Å²) in [5, 5.41) is 0. The van der Waals surface area contributed by atoms with E-state index in [1.165, 1.54) is 0 Å². The second-order valence-corrected chi connectivity index (χ2v) is 5.97. The number of rotatable bonds is 4. The van der Waals surface area contributed by atoms with Crippen molar-refractivity contribution in [3.05, 3.63) is 22.4 Å². The van der Waals surface area contributed by atoms with Gasteiger partial charge in [-0.2, -0.15) is 0 Å². The van der Waals surface area contributed by atoms with E-state index < -0.39 is 20.7 Å². The molecule has 98 valence electrons. The highest BCUT2D eigenvalue weighted by atomic mass is 79.9. The average Bonchev–Trinajstić information content (AvgIpc) is 2.29. The Hall–Kier alpha value is -1.10. The molecule has 4 nitrogen and oxygen atoms in total. The molecule has 0 atom stereocenters. The molecule has 0 aliphatic heterocycles. The molecule has 0 saturated carbocycles. The Morgan fingerprint density at radius 3 is 2.78 bits per heavy atom. The van der Waals surface area contributed by atoms with Crippen molar-refractivity contribution < 1.29 is 12.8 Å². The van der Waals surface area contributed by atoms with Gasteiger partial charge in [-0.05, 0) is 35.0 Å². The topological polar surface area (TPSA) is 72.2 Å². The van der Waals surface area contributed by atoms with Gasteiger partial charge in [0.2, 0.25) is 10.0 Å². The fraction of sp³-hybridized carbons (Fsp3) is 0.273. The van der Waals surface area contributed by atoms with Crippen LogP contribution in [-0.4, -0.2) is 15.0 Å². The lowest BCUT2D eigenvalue weighted by Gasteiger charge is -2.08. The van der Waals surface area contributed by atoms with Crippen molar-refractivity contribution >= 4 is 31.6 Å². The highest BCUT2D eigenvalue weighted by Crippen LogP contribution is 2.25. The number of nitrogens with one attached hydrogen (secondary N) is 1. The fourth-order valence-electron chi connectivity index (χ4n) is 1.20. The average molecular weight is 335 g/mol. The first kappa shape index (κ1) is 15.0. The summed E-state index contributed by atoms with van der Waals surface area (Å²) in [6, 6.07) is 2.10. The highest BCUT2D eigenvalue weighted by molar-refractivity contribution is 9.10. The molecule has 0 radical (unpaired) electrons. The van der Waals surface area contributed by atoms with Crippen LogP contribution in [0, 0.1) is 17.7 Å². The van der Waals surface area contributed by atoms with Crippen LogP contribution in [0.4, 0.5) is 10.1 Å². The minimum absolute atomic E-state index is 0.124. The molecule has 1 rings (SSSR count). The van der Waals surface area contributed by atoms with Gasteiger partial charge in [0, 0.05) is 23.1 Å². The number of nitrogen functional groups attached to an aromatic ring is 1. The molecule has 0 spiro atoms. The Balaban J connectivity index is 2.97. The molecular formula is C11H12BrFN2O2S. The van der Waals surface area contributed by atoms with Gasteiger partial charge in [0.15, 0.2) is 0 Å². The largest absolute Gasteiger partial charge is 0.398 e. The van der Waals surface area contributed by atoms with Gasteiger partial charge in [-0.1, -0.05) is 0 Å². The van der Waals surface area contributed by atoms with Crippen LogP contribution < -0.4 is 10.5 Å². The fourth-order valence-corrected chi connectivity index (χ4v) is 2.64. The number of benzene rings is 1. The molecule has 0 bridgehead atoms. The number of nitrogens with two attached hydrogens (primary N) is 1. The third-order valence-corrected chi connectivity index (χ3v) is 4.22. The van der Waals surface area contributed by atoms with Crippen LogP contribution in [0.1, 0.15) is 13.3 Å². The van der Waals surface area contributed by atoms with E-state index in [-0.39, 0.29) is 12.2 Å². The second-order valence-electron chi connectivity index (χ2n) is 3.38. The van der Waals surface area contributed by atoms with Crippen LogP contribution in [0.25, 0.3) is 0 Å². The molecular weight excluding hydrogens is 323 g/mol. The van der Waals surface area contributed by atoms with E-state index in [0.29, 0.717) is 10.9 Å². The van der Waals surface area contributed by atoms with Gasteiger partial charge in [0.25, 0.3) is 0 Å². The van der Waals surface area contributed by atoms with Gasteiger partial charge in [-0.15, -0.1) is 11.8 Å². The third-order valence-electron chi connectivity index (χ3n) is 2.06. The Kier molecular flexibility index (Phi) is 5.14. The predicted octanol–water partition coefficient (Wildman–Crippen LogP) is 1.86. The molecule has 0 saturated heterocycles. The van der Waals surface area contributed by atoms with Crippen LogP contribution in [0.5, 0.6) is 0 Å². The van der Waals surface area contributed by atoms with Crippen molar-refractivity contribution in [2.24, 2.45) is 0 Å². The summed E-state index contributed by atoms with van der Waals surface area (Å²) in [5.74, 6) is 4.48. The normalized spacial score (nSPS) is 10.8. The number of hydrogen-bond donors (Lipinski definition) is 2. The predicted molar refractivity (Wildman–Crippen MR) is 71.8 cm³/mol. The molecule has 0 aromatic heterocycles. The van der Waals surface area contributed by atoms with E-state index in [0.717, 1.165) is 12.1 Å². The van der Waals surface area contributed by atoms with E-state index in [2.05, 4.69) is 32.5 Å². The van der Waals surface area contributed by atoms with Crippen LogP contribution in [0.3, 0.4) is 0 Å². The molecule has 0 aliphatic rings. The summed E-state index contributed by atoms with van der Waals surface area (Å²) in [6.07, 6.45) is 0.364. The summed E-state index contributed by atoms with van der Waals surface area (Å²) in [5.41, 5.74) is 5.69. The monoisotopic (exact) mass is 334 g/mol. The smallest absolute Gasteiger partial charge is 0.243 e. The van der Waals surface area contributed by atoms with Gasteiger partial charge in [0.1, 0.15) is 10.7 Å². The molecule has 1 aromatic rings. The summed E-state index contributed by atoms with van der Waals surface area (Å²) in [6.45, 7) is 1.78. The zero-order valence-corrected chi connectivity index (χ0v) is 12.0. The Bertz CT molecular complexity index is 605. The number of sulfonamides is 1. The van der Waals surface area contributed by atoms with Gasteiger partial charge >= 0.3 is 0 Å². The molecule has 0 unspecified atom stereocenters. The van der Waals surface area contributed by atoms with Gasteiger partial charge < -0.3 is 5.73 Å². The minimum atomic E-state index is -3.90. The first-order valence-electron chi connectivity index (χ1n) is 5.02. The van der Waals surface area contributed by atoms with Crippen LogP contribution in [-0.2, 0) is 10.0 Å². The molecule has 0 aliphatic carbocycles. The van der Waals surface area contributed by atoms with Crippen molar-refractivity contribution in [3.8, 4) is 11.8 Å². The van der Waals surface area contributed by atoms with E-state index in [4.69, 9.17) is 5.73 Å². The quantitative estimate of drug-likeness (QED) is 0.501. The van der Waals surface area contributed by atoms with E-state index >= 15 is 0 Å². The highest BCUT2D eigenvalue weighted by Gasteiger charge is 2.19. The van der Waals surface area contributed by atoms with Gasteiger partial charge in [-0.25, -0.2) is 17.5 Å². The molecule has 1 aromatic carbocycles. The van der Waals surface area contributed by atoms with E-state index in [1.807, 2.05) is 0 Å². The number of halogens is 2. The van der Waals surface area contributed by atoms with Crippen molar-refractivity contribution in [1.82, 2.24) is 4.72 Å². The SMILES string of the molecule is CC#CCCNS(=O)(=O)c1cc(N)c(Br)cc1F. The van der Waals surface area contributed by atoms with E-state index in [1.54, 1.807) is 6.92 Å². The van der Waals surface area contributed by atoms with E-state index in [9.17, 15) is 12.8 Å². The Morgan fingerprint density at radius 2 is 2.17 bits per heavy atom. The molecule has 0 fully saturated rings. The van der Waals surface area contributed by atoms with Crippen LogP contribution in [0.2, 0.25) is 0 Å². The number of hydrogen-bond acceptors (Lipinski definition) is 3. The molecule has 7 heteroatoms. The van der Waals surface area contributed by atoms with Gasteiger partial charge in [0.05, 0.1) is 0 Å². The second kappa shape index (κ2) is 6.18. The standard InChI is InChI=1S/C11H12BrFN2O2S/c1-2-3-4-5-15-18(16,17)11-7-10(14)8(12)6-9(11)13/h6-7,15H,4-5,14H2,1H3. The van der Waals surface area contributed by atoms with Crippen LogP contribution >= 0.6 is 15.9 Å². The lowest BCUT2D eigenvalue weighted by atomic mass is 10.3. The van der Waals surface area contributed by atoms with Crippen molar-refractivity contribution in [2.45, 2.75) is 18.2 Å². The summed E-state index contributed by atoms with van der Waals surface area (Å²) in [4.78, 5) is -0.465. The summed E-state index contributed by atoms with van der Waals surface area (Å²) < 4.78 is 39.8. The first-order valence-corrected chi connectivity index (χ1v) is 7.30. The first-order chi connectivity index (χ1) is 8.38. The Labute approximate surface area is 114 Å². The van der Waals surface area contributed by atoms with Crippen molar-refractivity contribution in [2.75, 3.05) is 12.3 Å². The maximum atomic E-state index is 13.6. The Morgan fingerprint density at radius 1 is 1.50 bits per heavy atom. The maximum Gasteiger partial charge on any atom is 0.243 e. The van der Waals surface area contributed by atoms with Crippen LogP contribution in [0.15, 0.2) is 21.5 Å². The minimum Gasteiger partial charge on any atom is -0.398 e. The molecule has 18 heavy (non-hydrogen) atoms. The molecule has 0 amide bonds. The zero-order valence-electron chi connectivity index (χ0n) is 9.63. The third kappa shape index (κ3) is 3.70. The molecule has 3 N–H and O–H groups in total. The lowest BCUT2D eigenvalue weighted by Crippen LogP contribution is -2.25. The van der Waals surface area contributed by atoms with Gasteiger partial charge in [-0.3, -0.25) is 0 Å². The number of anilines is 1. The lowest BCUT2D eigenvalue weighted by molar-refractivity contribution is 0.557. The summed E-state index contributed by atoms with van der Waals surface area (Å²) in [7, 11) is -3.90. The zero-order chi connectivity index (χ0) is 13.8. The van der Waals surface area contributed by atoms with Crippen molar-refractivity contribution in [1.29, 1.82) is 0 Å². The maximum absolute atomic E-state index is 13.6.